The van der Waals surface area contributed by atoms with Crippen molar-refractivity contribution in [1.82, 2.24) is 0 Å². The Balaban J connectivity index is 1.52. The maximum absolute atomic E-state index is 13.1. The summed E-state index contributed by atoms with van der Waals surface area (Å²) in [5.41, 5.74) is 0.302. The molecule has 0 saturated carbocycles. The van der Waals surface area contributed by atoms with Crippen LogP contribution in [0.25, 0.3) is 10.8 Å². The summed E-state index contributed by atoms with van der Waals surface area (Å²) in [6.45, 7) is -0.438. The number of fused-ring (bicyclic) bond motifs is 1. The Labute approximate surface area is 164 Å². The largest absolute Gasteiger partial charge is 0.455 e. The average Bonchev–Trinajstić information content (AvgIpc) is 2.65. The molecule has 0 saturated heterocycles. The molecule has 0 radical (unpaired) electrons. The molecule has 0 bridgehead atoms. The van der Waals surface area contributed by atoms with Gasteiger partial charge in [-0.1, -0.05) is 41.9 Å². The lowest BCUT2D eigenvalue weighted by Gasteiger charge is -2.09. The SMILES string of the molecule is O=C(COC(=O)CSc1cccc2cccc(Cl)c12)Nc1cccc(F)c1. The number of nitrogens with one attached hydrogen (secondary N) is 1. The van der Waals surface area contributed by atoms with Crippen molar-refractivity contribution in [2.75, 3.05) is 17.7 Å². The van der Waals surface area contributed by atoms with Gasteiger partial charge in [-0.3, -0.25) is 9.59 Å². The van der Waals surface area contributed by atoms with E-state index in [4.69, 9.17) is 16.3 Å². The highest BCUT2D eigenvalue weighted by Gasteiger charge is 2.11. The minimum atomic E-state index is -0.535. The van der Waals surface area contributed by atoms with Gasteiger partial charge < -0.3 is 10.1 Å². The van der Waals surface area contributed by atoms with Gasteiger partial charge in [-0.2, -0.15) is 0 Å². The number of anilines is 1. The Kier molecular flexibility index (Phi) is 6.32. The molecule has 1 N–H and O–H groups in total. The molecular formula is C20H15ClFNO3S. The van der Waals surface area contributed by atoms with Crippen LogP contribution in [0.2, 0.25) is 5.02 Å². The summed E-state index contributed by atoms with van der Waals surface area (Å²) in [5, 5.41) is 4.93. The lowest BCUT2D eigenvalue weighted by atomic mass is 10.1. The topological polar surface area (TPSA) is 55.4 Å². The second kappa shape index (κ2) is 8.88. The number of halogens is 2. The van der Waals surface area contributed by atoms with Crippen LogP contribution in [0.4, 0.5) is 10.1 Å². The minimum Gasteiger partial charge on any atom is -0.455 e. The van der Waals surface area contributed by atoms with Crippen molar-refractivity contribution in [1.29, 1.82) is 0 Å². The van der Waals surface area contributed by atoms with Crippen molar-refractivity contribution in [3.05, 3.63) is 71.5 Å². The molecule has 4 nitrogen and oxygen atoms in total. The maximum atomic E-state index is 13.1. The first-order valence-corrected chi connectivity index (χ1v) is 9.40. The molecule has 27 heavy (non-hydrogen) atoms. The highest BCUT2D eigenvalue weighted by molar-refractivity contribution is 8.00. The lowest BCUT2D eigenvalue weighted by Crippen LogP contribution is -2.21. The lowest BCUT2D eigenvalue weighted by molar-refractivity contribution is -0.144. The summed E-state index contributed by atoms with van der Waals surface area (Å²) < 4.78 is 18.1. The monoisotopic (exact) mass is 403 g/mol. The van der Waals surface area contributed by atoms with Crippen molar-refractivity contribution in [2.45, 2.75) is 4.90 Å². The van der Waals surface area contributed by atoms with Gasteiger partial charge in [0, 0.05) is 21.0 Å². The number of carbonyl (C=O) groups excluding carboxylic acids is 2. The van der Waals surface area contributed by atoms with Crippen LogP contribution in [-0.4, -0.2) is 24.2 Å². The molecule has 0 spiro atoms. The van der Waals surface area contributed by atoms with E-state index in [2.05, 4.69) is 5.32 Å². The summed E-state index contributed by atoms with van der Waals surface area (Å²) in [7, 11) is 0. The second-order valence-corrected chi connectivity index (χ2v) is 7.03. The van der Waals surface area contributed by atoms with E-state index >= 15 is 0 Å². The van der Waals surface area contributed by atoms with Crippen molar-refractivity contribution in [3.63, 3.8) is 0 Å². The minimum absolute atomic E-state index is 0.0393. The molecule has 0 aromatic heterocycles. The molecule has 0 aliphatic heterocycles. The highest BCUT2D eigenvalue weighted by atomic mass is 35.5. The summed E-state index contributed by atoms with van der Waals surface area (Å²) in [6, 6.07) is 16.8. The second-order valence-electron chi connectivity index (χ2n) is 5.60. The first-order chi connectivity index (χ1) is 13.0. The standard InChI is InChI=1S/C20H15ClFNO3S/c21-16-8-1-4-13-5-2-9-17(20(13)16)27-12-19(25)26-11-18(24)23-15-7-3-6-14(22)10-15/h1-10H,11-12H2,(H,23,24). The Morgan fingerprint density at radius 1 is 1.07 bits per heavy atom. The molecular weight excluding hydrogens is 389 g/mol. The number of hydrogen-bond donors (Lipinski definition) is 1. The van der Waals surface area contributed by atoms with E-state index in [1.54, 1.807) is 12.1 Å². The van der Waals surface area contributed by atoms with E-state index in [1.807, 2.05) is 30.3 Å². The van der Waals surface area contributed by atoms with Gasteiger partial charge in [-0.25, -0.2) is 4.39 Å². The van der Waals surface area contributed by atoms with Crippen molar-refractivity contribution in [3.8, 4) is 0 Å². The molecule has 0 unspecified atom stereocenters. The third-order valence-electron chi connectivity index (χ3n) is 3.63. The number of ether oxygens (including phenoxy) is 1. The first-order valence-electron chi connectivity index (χ1n) is 8.04. The van der Waals surface area contributed by atoms with E-state index in [0.29, 0.717) is 10.7 Å². The summed E-state index contributed by atoms with van der Waals surface area (Å²) >= 11 is 7.55. The molecule has 1 amide bonds. The van der Waals surface area contributed by atoms with Crippen LogP contribution < -0.4 is 5.32 Å². The average molecular weight is 404 g/mol. The number of thioether (sulfide) groups is 1. The van der Waals surface area contributed by atoms with Gasteiger partial charge in [0.25, 0.3) is 5.91 Å². The number of amides is 1. The molecule has 0 atom stereocenters. The molecule has 0 aliphatic carbocycles. The molecule has 3 aromatic rings. The molecule has 0 fully saturated rings. The number of rotatable bonds is 6. The normalized spacial score (nSPS) is 10.6. The number of carbonyl (C=O) groups is 2. The smallest absolute Gasteiger partial charge is 0.316 e. The van der Waals surface area contributed by atoms with E-state index in [1.165, 1.54) is 30.0 Å². The van der Waals surface area contributed by atoms with Crippen LogP contribution in [0, 0.1) is 5.82 Å². The van der Waals surface area contributed by atoms with Gasteiger partial charge in [-0.05, 0) is 35.7 Å². The molecule has 138 valence electrons. The van der Waals surface area contributed by atoms with Gasteiger partial charge in [0.05, 0.1) is 5.75 Å². The van der Waals surface area contributed by atoms with Gasteiger partial charge in [0.1, 0.15) is 5.82 Å². The third-order valence-corrected chi connectivity index (χ3v) is 4.98. The van der Waals surface area contributed by atoms with E-state index < -0.39 is 24.3 Å². The summed E-state index contributed by atoms with van der Waals surface area (Å²) in [4.78, 5) is 24.6. The van der Waals surface area contributed by atoms with Crippen LogP contribution in [0.1, 0.15) is 0 Å². The van der Waals surface area contributed by atoms with Gasteiger partial charge in [-0.15, -0.1) is 11.8 Å². The third kappa shape index (κ3) is 5.21. The van der Waals surface area contributed by atoms with Gasteiger partial charge in [0.2, 0.25) is 0 Å². The molecule has 3 aromatic carbocycles. The van der Waals surface area contributed by atoms with E-state index in [0.717, 1.165) is 15.7 Å². The van der Waals surface area contributed by atoms with Gasteiger partial charge >= 0.3 is 5.97 Å². The Hall–Kier alpha value is -2.57. The zero-order valence-electron chi connectivity index (χ0n) is 14.1. The molecule has 7 heteroatoms. The fourth-order valence-electron chi connectivity index (χ4n) is 2.47. The Morgan fingerprint density at radius 3 is 2.59 bits per heavy atom. The van der Waals surface area contributed by atoms with Gasteiger partial charge in [0.15, 0.2) is 6.61 Å². The maximum Gasteiger partial charge on any atom is 0.316 e. The Bertz CT molecular complexity index is 991. The fraction of sp³-hybridized carbons (Fsp3) is 0.100. The van der Waals surface area contributed by atoms with E-state index in [9.17, 15) is 14.0 Å². The number of esters is 1. The highest BCUT2D eigenvalue weighted by Crippen LogP contribution is 2.33. The predicted molar refractivity (Wildman–Crippen MR) is 106 cm³/mol. The summed E-state index contributed by atoms with van der Waals surface area (Å²) in [6.07, 6.45) is 0. The van der Waals surface area contributed by atoms with E-state index in [-0.39, 0.29) is 5.75 Å². The number of hydrogen-bond acceptors (Lipinski definition) is 4. The van der Waals surface area contributed by atoms with Crippen LogP contribution in [-0.2, 0) is 14.3 Å². The molecule has 0 aliphatic rings. The Morgan fingerprint density at radius 2 is 1.81 bits per heavy atom. The predicted octanol–water partition coefficient (Wildman–Crippen LogP) is 4.91. The van der Waals surface area contributed by atoms with Crippen LogP contribution in [0.5, 0.6) is 0 Å². The van der Waals surface area contributed by atoms with Crippen molar-refractivity contribution >= 4 is 51.7 Å². The van der Waals surface area contributed by atoms with Crippen LogP contribution in [0.3, 0.4) is 0 Å². The molecule has 3 rings (SSSR count). The zero-order valence-corrected chi connectivity index (χ0v) is 15.6. The summed E-state index contributed by atoms with van der Waals surface area (Å²) in [5.74, 6) is -1.49. The molecule has 0 heterocycles. The zero-order chi connectivity index (χ0) is 19.2. The fourth-order valence-corrected chi connectivity index (χ4v) is 3.71. The number of benzene rings is 3. The van der Waals surface area contributed by atoms with Crippen molar-refractivity contribution < 1.29 is 18.7 Å². The first kappa shape index (κ1) is 19.2. The van der Waals surface area contributed by atoms with Crippen molar-refractivity contribution in [2.24, 2.45) is 0 Å². The quantitative estimate of drug-likeness (QED) is 0.469. The van der Waals surface area contributed by atoms with Crippen LogP contribution in [0.15, 0.2) is 65.6 Å². The van der Waals surface area contributed by atoms with Crippen LogP contribution >= 0.6 is 23.4 Å².